The number of nitrogens with zero attached hydrogens (tertiary/aromatic N) is 2. The number of carbonyl (C=O) groups excluding carboxylic acids is 1. The van der Waals surface area contributed by atoms with Crippen LogP contribution in [0.3, 0.4) is 0 Å². The molecule has 1 aromatic carbocycles. The Morgan fingerprint density at radius 2 is 1.89 bits per heavy atom. The molecule has 0 saturated carbocycles. The molecule has 1 aliphatic heterocycles. The summed E-state index contributed by atoms with van der Waals surface area (Å²) in [6, 6.07) is 13.7. The number of carbonyl (C=O) groups is 1. The van der Waals surface area contributed by atoms with E-state index in [9.17, 15) is 4.79 Å². The van der Waals surface area contributed by atoms with Crippen LogP contribution in [0.2, 0.25) is 0 Å². The van der Waals surface area contributed by atoms with Gasteiger partial charge in [-0.05, 0) is 18.1 Å². The first-order valence-electron chi connectivity index (χ1n) is 6.33. The predicted octanol–water partition coefficient (Wildman–Crippen LogP) is 2.66. The Morgan fingerprint density at radius 3 is 2.53 bits per heavy atom. The topological polar surface area (TPSA) is 42.4 Å². The van der Waals surface area contributed by atoms with Crippen molar-refractivity contribution in [3.05, 3.63) is 48.7 Å². The third-order valence-corrected chi connectivity index (χ3v) is 3.08. The highest BCUT2D eigenvalue weighted by Gasteiger charge is 2.22. The molecule has 1 fully saturated rings. The fourth-order valence-corrected chi connectivity index (χ4v) is 2.07. The van der Waals surface area contributed by atoms with Gasteiger partial charge in [0.1, 0.15) is 0 Å². The van der Waals surface area contributed by atoms with Crippen LogP contribution in [-0.2, 0) is 4.79 Å². The highest BCUT2D eigenvalue weighted by Crippen LogP contribution is 2.21. The molecule has 96 valence electrons. The number of hydroxylamine groups is 2. The zero-order valence-electron chi connectivity index (χ0n) is 10.5. The SMILES string of the molecule is O=C1CCCN1Oc1ccc(-c2ccccc2)cn1. The molecule has 1 aliphatic rings. The summed E-state index contributed by atoms with van der Waals surface area (Å²) in [5, 5.41) is 1.38. The van der Waals surface area contributed by atoms with Crippen molar-refractivity contribution < 1.29 is 9.63 Å². The number of hydrogen-bond donors (Lipinski definition) is 0. The molecule has 0 atom stereocenters. The van der Waals surface area contributed by atoms with Crippen LogP contribution < -0.4 is 4.84 Å². The van der Waals surface area contributed by atoms with Gasteiger partial charge in [0.25, 0.3) is 5.91 Å². The maximum absolute atomic E-state index is 11.4. The Balaban J connectivity index is 1.74. The zero-order chi connectivity index (χ0) is 13.1. The number of amides is 1. The molecule has 1 saturated heterocycles. The molecule has 1 aromatic heterocycles. The summed E-state index contributed by atoms with van der Waals surface area (Å²) in [5.74, 6) is 0.476. The fraction of sp³-hybridized carbons (Fsp3) is 0.200. The molecule has 0 unspecified atom stereocenters. The molecule has 1 amide bonds. The molecular formula is C15H14N2O2. The van der Waals surface area contributed by atoms with Gasteiger partial charge in [-0.15, -0.1) is 0 Å². The first-order chi connectivity index (χ1) is 9.33. The van der Waals surface area contributed by atoms with Gasteiger partial charge in [0, 0.05) is 24.2 Å². The lowest BCUT2D eigenvalue weighted by atomic mass is 10.1. The van der Waals surface area contributed by atoms with Crippen molar-refractivity contribution in [3.8, 4) is 17.0 Å². The maximum atomic E-state index is 11.4. The molecule has 4 heteroatoms. The molecule has 0 spiro atoms. The molecule has 19 heavy (non-hydrogen) atoms. The molecular weight excluding hydrogens is 240 g/mol. The first-order valence-corrected chi connectivity index (χ1v) is 6.33. The third kappa shape index (κ3) is 2.57. The van der Waals surface area contributed by atoms with Crippen molar-refractivity contribution in [1.82, 2.24) is 10.0 Å². The smallest absolute Gasteiger partial charge is 0.255 e. The van der Waals surface area contributed by atoms with Gasteiger partial charge < -0.3 is 4.84 Å². The minimum atomic E-state index is 0.0222. The van der Waals surface area contributed by atoms with Gasteiger partial charge in [-0.25, -0.2) is 4.98 Å². The Bertz CT molecular complexity index is 566. The Morgan fingerprint density at radius 1 is 1.05 bits per heavy atom. The van der Waals surface area contributed by atoms with E-state index >= 15 is 0 Å². The van der Waals surface area contributed by atoms with Crippen molar-refractivity contribution in [2.75, 3.05) is 6.54 Å². The molecule has 0 aliphatic carbocycles. The molecule has 2 aromatic rings. The number of rotatable bonds is 3. The van der Waals surface area contributed by atoms with Crippen LogP contribution >= 0.6 is 0 Å². The quantitative estimate of drug-likeness (QED) is 0.845. The summed E-state index contributed by atoms with van der Waals surface area (Å²) in [6.45, 7) is 0.640. The lowest BCUT2D eigenvalue weighted by Gasteiger charge is -2.15. The normalized spacial score (nSPS) is 14.7. The van der Waals surface area contributed by atoms with Crippen molar-refractivity contribution in [1.29, 1.82) is 0 Å². The monoisotopic (exact) mass is 254 g/mol. The Labute approximate surface area is 111 Å². The van der Waals surface area contributed by atoms with Gasteiger partial charge in [0.15, 0.2) is 0 Å². The van der Waals surface area contributed by atoms with Crippen LogP contribution in [0.4, 0.5) is 0 Å². The summed E-state index contributed by atoms with van der Waals surface area (Å²) < 4.78 is 0. The van der Waals surface area contributed by atoms with E-state index in [0.29, 0.717) is 18.8 Å². The number of pyridine rings is 1. The van der Waals surface area contributed by atoms with E-state index in [1.54, 1.807) is 12.3 Å². The molecule has 0 bridgehead atoms. The minimum Gasteiger partial charge on any atom is -0.356 e. The summed E-state index contributed by atoms with van der Waals surface area (Å²) in [6.07, 6.45) is 3.16. The van der Waals surface area contributed by atoms with Crippen LogP contribution in [-0.4, -0.2) is 22.5 Å². The van der Waals surface area contributed by atoms with E-state index in [2.05, 4.69) is 4.98 Å². The molecule has 0 N–H and O–H groups in total. The largest absolute Gasteiger partial charge is 0.356 e. The van der Waals surface area contributed by atoms with Gasteiger partial charge in [-0.2, -0.15) is 5.06 Å². The van der Waals surface area contributed by atoms with E-state index in [0.717, 1.165) is 17.5 Å². The van der Waals surface area contributed by atoms with E-state index < -0.39 is 0 Å². The van der Waals surface area contributed by atoms with Gasteiger partial charge >= 0.3 is 0 Å². The Kier molecular flexibility index (Phi) is 3.14. The van der Waals surface area contributed by atoms with E-state index in [1.807, 2.05) is 36.4 Å². The molecule has 4 nitrogen and oxygen atoms in total. The van der Waals surface area contributed by atoms with Crippen molar-refractivity contribution in [2.45, 2.75) is 12.8 Å². The maximum Gasteiger partial charge on any atom is 0.255 e. The van der Waals surface area contributed by atoms with Gasteiger partial charge in [-0.3, -0.25) is 4.79 Å². The number of aromatic nitrogens is 1. The van der Waals surface area contributed by atoms with Crippen LogP contribution in [0.1, 0.15) is 12.8 Å². The van der Waals surface area contributed by atoms with Crippen molar-refractivity contribution in [3.63, 3.8) is 0 Å². The van der Waals surface area contributed by atoms with Crippen LogP contribution in [0.15, 0.2) is 48.7 Å². The van der Waals surface area contributed by atoms with Gasteiger partial charge in [-0.1, -0.05) is 30.3 Å². The average molecular weight is 254 g/mol. The van der Waals surface area contributed by atoms with Crippen LogP contribution in [0.25, 0.3) is 11.1 Å². The lowest BCUT2D eigenvalue weighted by Crippen LogP contribution is -2.28. The number of hydrogen-bond acceptors (Lipinski definition) is 3. The highest BCUT2D eigenvalue weighted by atomic mass is 16.7. The standard InChI is InChI=1S/C15H14N2O2/c18-15-7-4-10-17(15)19-14-9-8-13(11-16-14)12-5-2-1-3-6-12/h1-3,5-6,8-9,11H,4,7,10H2. The van der Waals surface area contributed by atoms with E-state index in [4.69, 9.17) is 4.84 Å². The van der Waals surface area contributed by atoms with Gasteiger partial charge in [0.2, 0.25) is 5.88 Å². The van der Waals surface area contributed by atoms with Crippen LogP contribution in [0, 0.1) is 0 Å². The van der Waals surface area contributed by atoms with E-state index in [1.165, 1.54) is 5.06 Å². The Hall–Kier alpha value is -2.36. The molecule has 3 rings (SSSR count). The van der Waals surface area contributed by atoms with Crippen molar-refractivity contribution in [2.24, 2.45) is 0 Å². The second kappa shape index (κ2) is 5.10. The average Bonchev–Trinajstić information content (AvgIpc) is 2.86. The molecule has 2 heterocycles. The second-order valence-corrected chi connectivity index (χ2v) is 4.44. The molecule has 0 radical (unpaired) electrons. The highest BCUT2D eigenvalue weighted by molar-refractivity contribution is 5.77. The summed E-state index contributed by atoms with van der Waals surface area (Å²) >= 11 is 0. The number of benzene rings is 1. The predicted molar refractivity (Wildman–Crippen MR) is 71.2 cm³/mol. The summed E-state index contributed by atoms with van der Waals surface area (Å²) in [4.78, 5) is 21.1. The van der Waals surface area contributed by atoms with Crippen molar-refractivity contribution >= 4 is 5.91 Å². The third-order valence-electron chi connectivity index (χ3n) is 3.08. The summed E-state index contributed by atoms with van der Waals surface area (Å²) in [7, 11) is 0. The summed E-state index contributed by atoms with van der Waals surface area (Å²) in [5.41, 5.74) is 2.14. The first kappa shape index (κ1) is 11.7. The fourth-order valence-electron chi connectivity index (χ4n) is 2.07. The second-order valence-electron chi connectivity index (χ2n) is 4.44. The van der Waals surface area contributed by atoms with Gasteiger partial charge in [0.05, 0.1) is 6.54 Å². The zero-order valence-corrected chi connectivity index (χ0v) is 10.5. The van der Waals surface area contributed by atoms with E-state index in [-0.39, 0.29) is 5.91 Å². The van der Waals surface area contributed by atoms with Crippen LogP contribution in [0.5, 0.6) is 5.88 Å². The lowest BCUT2D eigenvalue weighted by molar-refractivity contribution is -0.150. The minimum absolute atomic E-state index is 0.0222.